The third-order valence-electron chi connectivity index (χ3n) is 4.52. The van der Waals surface area contributed by atoms with E-state index in [1.807, 2.05) is 35.8 Å². The van der Waals surface area contributed by atoms with E-state index in [4.69, 9.17) is 0 Å². The fourth-order valence-corrected chi connectivity index (χ4v) is 3.13. The van der Waals surface area contributed by atoms with Gasteiger partial charge in [0.1, 0.15) is 5.82 Å². The number of piperidine rings is 1. The number of carbonyl (C=O) groups is 1. The Kier molecular flexibility index (Phi) is 8.26. The van der Waals surface area contributed by atoms with Crippen molar-refractivity contribution in [1.29, 1.82) is 0 Å². The Morgan fingerprint density at radius 2 is 2.22 bits per heavy atom. The maximum Gasteiger partial charge on any atom is 0.222 e. The Hall–Kier alpha value is -1.91. The van der Waals surface area contributed by atoms with Crippen LogP contribution < -0.4 is 10.6 Å². The molecule has 8 nitrogen and oxygen atoms in total. The molecular weight excluding hydrogens is 457 g/mol. The second-order valence-corrected chi connectivity index (χ2v) is 6.56. The lowest BCUT2D eigenvalue weighted by atomic mass is 10.1. The normalized spacial score (nSPS) is 17.7. The van der Waals surface area contributed by atoms with Gasteiger partial charge < -0.3 is 15.5 Å². The summed E-state index contributed by atoms with van der Waals surface area (Å²) in [6.07, 6.45) is 5.15. The van der Waals surface area contributed by atoms with Crippen molar-refractivity contribution in [2.75, 3.05) is 26.7 Å². The Morgan fingerprint density at radius 1 is 1.37 bits per heavy atom. The van der Waals surface area contributed by atoms with Gasteiger partial charge in [0.05, 0.1) is 0 Å². The average Bonchev–Trinajstić information content (AvgIpc) is 3.05. The van der Waals surface area contributed by atoms with Crippen molar-refractivity contribution in [2.24, 2.45) is 4.99 Å². The SMILES string of the molecule is CCNC(=NCCCc1nnc2ccccn12)NC1CCC(=O)N(C)C1.I. The van der Waals surface area contributed by atoms with E-state index in [9.17, 15) is 4.79 Å². The van der Waals surface area contributed by atoms with Gasteiger partial charge in [-0.15, -0.1) is 34.2 Å². The minimum atomic E-state index is 0. The van der Waals surface area contributed by atoms with Gasteiger partial charge in [0.2, 0.25) is 5.91 Å². The summed E-state index contributed by atoms with van der Waals surface area (Å²) in [5, 5.41) is 15.2. The van der Waals surface area contributed by atoms with Crippen LogP contribution in [0.1, 0.15) is 32.0 Å². The van der Waals surface area contributed by atoms with E-state index in [-0.39, 0.29) is 35.9 Å². The highest BCUT2D eigenvalue weighted by atomic mass is 127. The zero-order valence-electron chi connectivity index (χ0n) is 15.9. The van der Waals surface area contributed by atoms with Crippen LogP contribution >= 0.6 is 24.0 Å². The zero-order chi connectivity index (χ0) is 18.4. The fraction of sp³-hybridized carbons (Fsp3) is 0.556. The molecule has 0 aromatic carbocycles. The van der Waals surface area contributed by atoms with Crippen LogP contribution in [0.3, 0.4) is 0 Å². The number of likely N-dealkylation sites (N-methyl/N-ethyl adjacent to an activating group) is 1. The number of carbonyl (C=O) groups excluding carboxylic acids is 1. The maximum absolute atomic E-state index is 11.6. The van der Waals surface area contributed by atoms with Crippen LogP contribution in [0.25, 0.3) is 5.65 Å². The molecule has 1 aliphatic rings. The summed E-state index contributed by atoms with van der Waals surface area (Å²) in [5.41, 5.74) is 0.872. The summed E-state index contributed by atoms with van der Waals surface area (Å²) in [4.78, 5) is 18.1. The minimum absolute atomic E-state index is 0. The molecule has 27 heavy (non-hydrogen) atoms. The van der Waals surface area contributed by atoms with Gasteiger partial charge in [-0.2, -0.15) is 0 Å². The number of nitrogens with zero attached hydrogens (tertiary/aromatic N) is 5. The van der Waals surface area contributed by atoms with Crippen LogP contribution in [0.2, 0.25) is 0 Å². The molecule has 2 N–H and O–H groups in total. The number of rotatable bonds is 6. The van der Waals surface area contributed by atoms with Crippen molar-refractivity contribution in [3.05, 3.63) is 30.2 Å². The van der Waals surface area contributed by atoms with E-state index in [1.165, 1.54) is 0 Å². The Labute approximate surface area is 176 Å². The third-order valence-corrected chi connectivity index (χ3v) is 4.52. The van der Waals surface area contributed by atoms with Gasteiger partial charge in [0.15, 0.2) is 11.6 Å². The monoisotopic (exact) mass is 485 g/mol. The van der Waals surface area contributed by atoms with Crippen LogP contribution in [0.5, 0.6) is 0 Å². The van der Waals surface area contributed by atoms with Crippen LogP contribution in [0.4, 0.5) is 0 Å². The van der Waals surface area contributed by atoms with Crippen molar-refractivity contribution < 1.29 is 4.79 Å². The molecule has 2 aromatic rings. The molecule has 2 aromatic heterocycles. The molecule has 1 atom stereocenters. The number of hydrogen-bond donors (Lipinski definition) is 2. The molecule has 1 unspecified atom stereocenters. The van der Waals surface area contributed by atoms with Crippen LogP contribution in [0.15, 0.2) is 29.4 Å². The predicted octanol–water partition coefficient (Wildman–Crippen LogP) is 1.46. The van der Waals surface area contributed by atoms with Crippen LogP contribution in [0, 0.1) is 0 Å². The van der Waals surface area contributed by atoms with E-state index in [0.717, 1.165) is 49.8 Å². The first-order valence-corrected chi connectivity index (χ1v) is 9.25. The summed E-state index contributed by atoms with van der Waals surface area (Å²) in [5.74, 6) is 1.98. The summed E-state index contributed by atoms with van der Waals surface area (Å²) in [6, 6.07) is 6.14. The number of aliphatic imine (C=N–C) groups is 1. The molecular formula is C18H28IN7O. The standard InChI is InChI=1S/C18H27N7O.HI/c1-3-19-18(21-14-9-10-17(26)24(2)13-14)20-11-6-8-16-23-22-15-7-4-5-12-25(15)16;/h4-5,7,12,14H,3,6,8-11,13H2,1-2H3,(H2,19,20,21);1H. The molecule has 0 saturated carbocycles. The van der Waals surface area contributed by atoms with E-state index in [0.29, 0.717) is 13.0 Å². The van der Waals surface area contributed by atoms with E-state index < -0.39 is 0 Å². The smallest absolute Gasteiger partial charge is 0.222 e. The Balaban J connectivity index is 0.00000261. The van der Waals surface area contributed by atoms with Crippen molar-refractivity contribution >= 4 is 41.5 Å². The molecule has 148 valence electrons. The highest BCUT2D eigenvalue weighted by Gasteiger charge is 2.23. The summed E-state index contributed by atoms with van der Waals surface area (Å²) in [7, 11) is 1.85. The molecule has 1 aliphatic heterocycles. The first-order valence-electron chi connectivity index (χ1n) is 9.25. The Bertz CT molecular complexity index is 776. The van der Waals surface area contributed by atoms with Gasteiger partial charge in [-0.05, 0) is 31.9 Å². The topological polar surface area (TPSA) is 86.9 Å². The third kappa shape index (κ3) is 5.78. The van der Waals surface area contributed by atoms with Gasteiger partial charge in [0.25, 0.3) is 0 Å². The number of amides is 1. The van der Waals surface area contributed by atoms with Crippen molar-refractivity contribution in [3.63, 3.8) is 0 Å². The second-order valence-electron chi connectivity index (χ2n) is 6.56. The highest BCUT2D eigenvalue weighted by Crippen LogP contribution is 2.09. The molecule has 3 rings (SSSR count). The number of halogens is 1. The van der Waals surface area contributed by atoms with Crippen molar-refractivity contribution in [2.45, 2.75) is 38.6 Å². The van der Waals surface area contributed by atoms with Crippen LogP contribution in [-0.4, -0.2) is 64.1 Å². The molecule has 1 amide bonds. The number of nitrogens with one attached hydrogen (secondary N) is 2. The first-order chi connectivity index (χ1) is 12.7. The Morgan fingerprint density at radius 3 is 3.00 bits per heavy atom. The lowest BCUT2D eigenvalue weighted by Crippen LogP contribution is -2.51. The number of aryl methyl sites for hydroxylation is 1. The van der Waals surface area contributed by atoms with E-state index >= 15 is 0 Å². The predicted molar refractivity (Wildman–Crippen MR) is 116 cm³/mol. The van der Waals surface area contributed by atoms with Gasteiger partial charge in [-0.25, -0.2) is 0 Å². The molecule has 0 radical (unpaired) electrons. The minimum Gasteiger partial charge on any atom is -0.357 e. The molecule has 1 fully saturated rings. The first kappa shape index (κ1) is 21.4. The van der Waals surface area contributed by atoms with Gasteiger partial charge in [-0.1, -0.05) is 6.07 Å². The van der Waals surface area contributed by atoms with Gasteiger partial charge >= 0.3 is 0 Å². The largest absolute Gasteiger partial charge is 0.357 e. The number of fused-ring (bicyclic) bond motifs is 1. The lowest BCUT2D eigenvalue weighted by Gasteiger charge is -2.31. The number of guanidine groups is 1. The number of aromatic nitrogens is 3. The fourth-order valence-electron chi connectivity index (χ4n) is 3.13. The molecule has 1 saturated heterocycles. The number of pyridine rings is 1. The van der Waals surface area contributed by atoms with Crippen molar-refractivity contribution in [3.8, 4) is 0 Å². The summed E-state index contributed by atoms with van der Waals surface area (Å²) < 4.78 is 2.02. The molecule has 0 aliphatic carbocycles. The molecule has 3 heterocycles. The maximum atomic E-state index is 11.6. The van der Waals surface area contributed by atoms with Crippen molar-refractivity contribution in [1.82, 2.24) is 30.1 Å². The van der Waals surface area contributed by atoms with Gasteiger partial charge in [-0.3, -0.25) is 14.2 Å². The summed E-state index contributed by atoms with van der Waals surface area (Å²) in [6.45, 7) is 4.28. The number of likely N-dealkylation sites (tertiary alicyclic amines) is 1. The lowest BCUT2D eigenvalue weighted by molar-refractivity contribution is -0.132. The molecule has 0 spiro atoms. The number of hydrogen-bond acceptors (Lipinski definition) is 4. The second kappa shape index (κ2) is 10.4. The van der Waals surface area contributed by atoms with Gasteiger partial charge in [0, 0.05) is 51.8 Å². The average molecular weight is 485 g/mol. The zero-order valence-corrected chi connectivity index (χ0v) is 18.2. The quantitative estimate of drug-likeness (QED) is 0.280. The van der Waals surface area contributed by atoms with E-state index in [1.54, 1.807) is 4.90 Å². The highest BCUT2D eigenvalue weighted by molar-refractivity contribution is 14.0. The molecule has 9 heteroatoms. The van der Waals surface area contributed by atoms with Crippen LogP contribution in [-0.2, 0) is 11.2 Å². The molecule has 0 bridgehead atoms. The summed E-state index contributed by atoms with van der Waals surface area (Å²) >= 11 is 0. The van der Waals surface area contributed by atoms with E-state index in [2.05, 4.69) is 32.7 Å².